The molecule has 0 N–H and O–H groups in total. The summed E-state index contributed by atoms with van der Waals surface area (Å²) in [6.45, 7) is 0. The summed E-state index contributed by atoms with van der Waals surface area (Å²) in [5, 5.41) is 0. The van der Waals surface area contributed by atoms with E-state index in [1.54, 1.807) is 0 Å². The Hall–Kier alpha value is -1.63. The van der Waals surface area contributed by atoms with Crippen molar-refractivity contribution < 1.29 is 0 Å². The van der Waals surface area contributed by atoms with Crippen LogP contribution in [0.1, 0.15) is 18.4 Å². The zero-order valence-electron chi connectivity index (χ0n) is 9.26. The summed E-state index contributed by atoms with van der Waals surface area (Å²) in [6, 6.07) is 14.8. The predicted octanol–water partition coefficient (Wildman–Crippen LogP) is 3.70. The minimum atomic E-state index is 0.936. The molecule has 3 rings (SSSR count). The van der Waals surface area contributed by atoms with Crippen LogP contribution in [0.2, 0.25) is 0 Å². The van der Waals surface area contributed by atoms with Gasteiger partial charge in [0.15, 0.2) is 0 Å². The molecule has 1 aliphatic rings. The molecule has 1 nitrogen and oxygen atoms in total. The minimum absolute atomic E-state index is 0.936. The summed E-state index contributed by atoms with van der Waals surface area (Å²) in [7, 11) is 0. The fraction of sp³-hybridized carbons (Fsp3) is 0.267. The molecule has 1 aromatic carbocycles. The van der Waals surface area contributed by atoms with Crippen LogP contribution in [-0.4, -0.2) is 4.98 Å². The molecule has 1 saturated carbocycles. The Morgan fingerprint density at radius 3 is 2.62 bits per heavy atom. The molecule has 0 bridgehead atoms. The topological polar surface area (TPSA) is 12.9 Å². The minimum Gasteiger partial charge on any atom is -0.256 e. The highest BCUT2D eigenvalue weighted by Gasteiger charge is 2.21. The van der Waals surface area contributed by atoms with Gasteiger partial charge < -0.3 is 0 Å². The maximum Gasteiger partial charge on any atom is 0.0704 e. The molecule has 1 fully saturated rings. The van der Waals surface area contributed by atoms with Crippen LogP contribution in [-0.2, 0) is 6.42 Å². The lowest BCUT2D eigenvalue weighted by Crippen LogP contribution is -1.90. The number of hydrogen-bond donors (Lipinski definition) is 0. The van der Waals surface area contributed by atoms with Gasteiger partial charge in [-0.2, -0.15) is 0 Å². The van der Waals surface area contributed by atoms with Crippen molar-refractivity contribution in [2.45, 2.75) is 19.3 Å². The number of nitrogens with zero attached hydrogens (tertiary/aromatic N) is 1. The van der Waals surface area contributed by atoms with Gasteiger partial charge in [-0.05, 0) is 42.9 Å². The molecule has 1 heterocycles. The Kier molecular flexibility index (Phi) is 2.45. The molecule has 1 heteroatoms. The second kappa shape index (κ2) is 4.09. The molecule has 0 spiro atoms. The van der Waals surface area contributed by atoms with Crippen LogP contribution < -0.4 is 0 Å². The average molecular weight is 209 g/mol. The number of benzene rings is 1. The molecule has 16 heavy (non-hydrogen) atoms. The lowest BCUT2D eigenvalue weighted by molar-refractivity contribution is 0.831. The van der Waals surface area contributed by atoms with E-state index in [0.717, 1.165) is 11.6 Å². The standard InChI is InChI=1S/C15H15N/c1-2-4-14(5-3-1)15-11-13(8-9-16-15)10-12-6-7-12/h1-5,8-9,11-12H,6-7,10H2. The van der Waals surface area contributed by atoms with Crippen molar-refractivity contribution in [2.75, 3.05) is 0 Å². The monoisotopic (exact) mass is 209 g/mol. The Balaban J connectivity index is 1.89. The highest BCUT2D eigenvalue weighted by atomic mass is 14.7. The van der Waals surface area contributed by atoms with Crippen molar-refractivity contribution in [1.29, 1.82) is 0 Å². The predicted molar refractivity (Wildman–Crippen MR) is 66.1 cm³/mol. The third-order valence-electron chi connectivity index (χ3n) is 3.12. The summed E-state index contributed by atoms with van der Waals surface area (Å²) in [6.07, 6.45) is 5.97. The first-order valence-electron chi connectivity index (χ1n) is 5.92. The second-order valence-electron chi connectivity index (χ2n) is 4.56. The molecule has 2 aromatic rings. The summed E-state index contributed by atoms with van der Waals surface area (Å²) >= 11 is 0. The lowest BCUT2D eigenvalue weighted by Gasteiger charge is -2.03. The molecular weight excluding hydrogens is 194 g/mol. The normalized spacial score (nSPS) is 15.0. The Morgan fingerprint density at radius 1 is 1.06 bits per heavy atom. The van der Waals surface area contributed by atoms with Crippen LogP contribution in [0.15, 0.2) is 48.7 Å². The van der Waals surface area contributed by atoms with Gasteiger partial charge in [0.25, 0.3) is 0 Å². The summed E-state index contributed by atoms with van der Waals surface area (Å²) in [4.78, 5) is 4.44. The van der Waals surface area contributed by atoms with Gasteiger partial charge in [0.05, 0.1) is 5.69 Å². The number of aromatic nitrogens is 1. The second-order valence-corrected chi connectivity index (χ2v) is 4.56. The van der Waals surface area contributed by atoms with Crippen molar-refractivity contribution in [1.82, 2.24) is 4.98 Å². The molecular formula is C15H15N. The van der Waals surface area contributed by atoms with E-state index in [-0.39, 0.29) is 0 Å². The highest BCUT2D eigenvalue weighted by Crippen LogP contribution is 2.33. The maximum absolute atomic E-state index is 4.44. The van der Waals surface area contributed by atoms with Gasteiger partial charge in [-0.15, -0.1) is 0 Å². The average Bonchev–Trinajstić information content (AvgIpc) is 3.15. The van der Waals surface area contributed by atoms with E-state index in [0.29, 0.717) is 0 Å². The first-order valence-corrected chi connectivity index (χ1v) is 5.92. The van der Waals surface area contributed by atoms with Gasteiger partial charge in [-0.3, -0.25) is 4.98 Å². The Morgan fingerprint density at radius 2 is 1.88 bits per heavy atom. The van der Waals surface area contributed by atoms with Crippen molar-refractivity contribution in [2.24, 2.45) is 5.92 Å². The van der Waals surface area contributed by atoms with Crippen LogP contribution in [0, 0.1) is 5.92 Å². The third-order valence-corrected chi connectivity index (χ3v) is 3.12. The largest absolute Gasteiger partial charge is 0.256 e. The van der Waals surface area contributed by atoms with Crippen LogP contribution in [0.5, 0.6) is 0 Å². The van der Waals surface area contributed by atoms with Crippen LogP contribution in [0.3, 0.4) is 0 Å². The lowest BCUT2D eigenvalue weighted by atomic mass is 10.1. The highest BCUT2D eigenvalue weighted by molar-refractivity contribution is 5.59. The first kappa shape index (κ1) is 9.59. The van der Waals surface area contributed by atoms with Gasteiger partial charge in [0.2, 0.25) is 0 Å². The zero-order chi connectivity index (χ0) is 10.8. The zero-order valence-corrected chi connectivity index (χ0v) is 9.26. The number of hydrogen-bond acceptors (Lipinski definition) is 1. The molecule has 0 atom stereocenters. The first-order chi connectivity index (χ1) is 7.92. The number of rotatable bonds is 3. The van der Waals surface area contributed by atoms with Crippen molar-refractivity contribution in [3.05, 3.63) is 54.2 Å². The molecule has 1 aromatic heterocycles. The van der Waals surface area contributed by atoms with Gasteiger partial charge in [-0.25, -0.2) is 0 Å². The van der Waals surface area contributed by atoms with Crippen molar-refractivity contribution in [3.63, 3.8) is 0 Å². The van der Waals surface area contributed by atoms with Gasteiger partial charge >= 0.3 is 0 Å². The summed E-state index contributed by atoms with van der Waals surface area (Å²) in [5.41, 5.74) is 3.73. The van der Waals surface area contributed by atoms with Gasteiger partial charge in [0.1, 0.15) is 0 Å². The van der Waals surface area contributed by atoms with Gasteiger partial charge in [0, 0.05) is 11.8 Å². The molecule has 0 amide bonds. The fourth-order valence-corrected chi connectivity index (χ4v) is 2.02. The van der Waals surface area contributed by atoms with E-state index < -0.39 is 0 Å². The number of pyridine rings is 1. The molecule has 0 aliphatic heterocycles. The van der Waals surface area contributed by atoms with E-state index >= 15 is 0 Å². The van der Waals surface area contributed by atoms with Crippen molar-refractivity contribution >= 4 is 0 Å². The van der Waals surface area contributed by atoms with Crippen LogP contribution in [0.25, 0.3) is 11.3 Å². The maximum atomic E-state index is 4.44. The van der Waals surface area contributed by atoms with Crippen molar-refractivity contribution in [3.8, 4) is 11.3 Å². The van der Waals surface area contributed by atoms with Crippen LogP contribution in [0.4, 0.5) is 0 Å². The Labute approximate surface area is 96.2 Å². The van der Waals surface area contributed by atoms with E-state index in [1.165, 1.54) is 30.4 Å². The van der Waals surface area contributed by atoms with E-state index in [9.17, 15) is 0 Å². The molecule has 0 unspecified atom stereocenters. The molecule has 0 radical (unpaired) electrons. The molecule has 1 aliphatic carbocycles. The van der Waals surface area contributed by atoms with Crippen LogP contribution >= 0.6 is 0 Å². The summed E-state index contributed by atoms with van der Waals surface area (Å²) < 4.78 is 0. The smallest absolute Gasteiger partial charge is 0.0704 e. The molecule has 80 valence electrons. The van der Waals surface area contributed by atoms with E-state index in [2.05, 4.69) is 41.4 Å². The fourth-order valence-electron chi connectivity index (χ4n) is 2.02. The quantitative estimate of drug-likeness (QED) is 0.751. The van der Waals surface area contributed by atoms with Gasteiger partial charge in [-0.1, -0.05) is 30.3 Å². The Bertz CT molecular complexity index is 472. The SMILES string of the molecule is c1ccc(-c2cc(CC3CC3)ccn2)cc1. The third kappa shape index (κ3) is 2.13. The van der Waals surface area contributed by atoms with E-state index in [4.69, 9.17) is 0 Å². The molecule has 0 saturated heterocycles. The van der Waals surface area contributed by atoms with E-state index in [1.807, 2.05) is 12.3 Å². The summed E-state index contributed by atoms with van der Waals surface area (Å²) in [5.74, 6) is 0.936.